The lowest BCUT2D eigenvalue weighted by Crippen LogP contribution is -2.29. The number of benzene rings is 2. The van der Waals surface area contributed by atoms with Gasteiger partial charge < -0.3 is 34.8 Å². The first-order chi connectivity index (χ1) is 18.3. The molecule has 2 heterocycles. The number of amides is 1. The van der Waals surface area contributed by atoms with Gasteiger partial charge in [0, 0.05) is 62.1 Å². The zero-order valence-corrected chi connectivity index (χ0v) is 22.5. The summed E-state index contributed by atoms with van der Waals surface area (Å²) < 4.78 is 7.79. The van der Waals surface area contributed by atoms with Crippen LogP contribution in [0.15, 0.2) is 54.9 Å². The van der Waals surface area contributed by atoms with Crippen molar-refractivity contribution in [3.63, 3.8) is 0 Å². The molecular formula is C28H35N7O3. The quantitative estimate of drug-likeness (QED) is 0.276. The van der Waals surface area contributed by atoms with Gasteiger partial charge in [-0.3, -0.25) is 4.79 Å². The Morgan fingerprint density at radius 3 is 2.63 bits per heavy atom. The van der Waals surface area contributed by atoms with E-state index in [0.29, 0.717) is 23.1 Å². The van der Waals surface area contributed by atoms with Gasteiger partial charge >= 0.3 is 0 Å². The molecule has 2 aromatic carbocycles. The molecule has 4 rings (SSSR count). The maximum Gasteiger partial charge on any atom is 0.227 e. The number of para-hydroxylation sites is 1. The number of anilines is 4. The number of carbonyl (C=O) groups is 1. The number of nitrogens with one attached hydrogen (secondary N) is 2. The van der Waals surface area contributed by atoms with Gasteiger partial charge in [-0.2, -0.15) is 0 Å². The van der Waals surface area contributed by atoms with Gasteiger partial charge in [0.2, 0.25) is 11.9 Å². The number of hydrogen-bond acceptors (Lipinski definition) is 8. The Labute approximate surface area is 222 Å². The summed E-state index contributed by atoms with van der Waals surface area (Å²) in [6.45, 7) is 1.34. The Bertz CT molecular complexity index is 1420. The zero-order valence-electron chi connectivity index (χ0n) is 22.5. The molecule has 10 nitrogen and oxygen atoms in total. The molecule has 0 radical (unpaired) electrons. The Morgan fingerprint density at radius 1 is 1.11 bits per heavy atom. The van der Waals surface area contributed by atoms with E-state index in [-0.39, 0.29) is 18.9 Å². The number of aromatic nitrogens is 3. The average Bonchev–Trinajstić information content (AvgIpc) is 3.24. The fraction of sp³-hybridized carbons (Fsp3) is 0.321. The van der Waals surface area contributed by atoms with Crippen molar-refractivity contribution in [3.8, 4) is 17.0 Å². The van der Waals surface area contributed by atoms with Crippen LogP contribution in [0.3, 0.4) is 0 Å². The van der Waals surface area contributed by atoms with E-state index >= 15 is 0 Å². The minimum absolute atomic E-state index is 0.00579. The SMILES string of the molecule is COc1cc(N(C)CCN(C)C)c(NC(=O)CCO)cc1Nc1nccc(-c2cn(C)c3ccccc23)n1. The van der Waals surface area contributed by atoms with Crippen LogP contribution in [-0.2, 0) is 11.8 Å². The minimum atomic E-state index is -0.278. The van der Waals surface area contributed by atoms with E-state index in [0.717, 1.165) is 40.9 Å². The van der Waals surface area contributed by atoms with Crippen LogP contribution in [0.1, 0.15) is 6.42 Å². The molecule has 0 bridgehead atoms. The van der Waals surface area contributed by atoms with Gasteiger partial charge in [-0.05, 0) is 32.3 Å². The monoisotopic (exact) mass is 517 g/mol. The lowest BCUT2D eigenvalue weighted by molar-refractivity contribution is -0.116. The van der Waals surface area contributed by atoms with E-state index in [1.54, 1.807) is 13.3 Å². The Hall–Kier alpha value is -4.15. The molecule has 3 N–H and O–H groups in total. The highest BCUT2D eigenvalue weighted by Gasteiger charge is 2.18. The van der Waals surface area contributed by atoms with Crippen molar-refractivity contribution < 1.29 is 14.6 Å². The Morgan fingerprint density at radius 2 is 1.89 bits per heavy atom. The Kier molecular flexibility index (Phi) is 8.45. The van der Waals surface area contributed by atoms with Crippen molar-refractivity contribution in [2.75, 3.05) is 63.5 Å². The molecule has 10 heteroatoms. The van der Waals surface area contributed by atoms with E-state index < -0.39 is 0 Å². The van der Waals surface area contributed by atoms with Crippen LogP contribution in [0.4, 0.5) is 23.0 Å². The largest absolute Gasteiger partial charge is 0.494 e. The summed E-state index contributed by atoms with van der Waals surface area (Å²) in [5.41, 5.74) is 4.91. The van der Waals surface area contributed by atoms with Crippen molar-refractivity contribution in [2.24, 2.45) is 7.05 Å². The molecule has 200 valence electrons. The minimum Gasteiger partial charge on any atom is -0.494 e. The molecule has 0 unspecified atom stereocenters. The highest BCUT2D eigenvalue weighted by atomic mass is 16.5. The number of carbonyl (C=O) groups excluding carboxylic acids is 1. The second-order valence-corrected chi connectivity index (χ2v) is 9.38. The molecule has 1 amide bonds. The fourth-order valence-electron chi connectivity index (χ4n) is 4.27. The third-order valence-electron chi connectivity index (χ3n) is 6.30. The summed E-state index contributed by atoms with van der Waals surface area (Å²) in [6.07, 6.45) is 3.78. The van der Waals surface area contributed by atoms with Gasteiger partial charge in [0.25, 0.3) is 0 Å². The van der Waals surface area contributed by atoms with Crippen molar-refractivity contribution in [3.05, 3.63) is 54.9 Å². The topological polar surface area (TPSA) is 108 Å². The van der Waals surface area contributed by atoms with E-state index in [2.05, 4.69) is 48.3 Å². The highest BCUT2D eigenvalue weighted by Crippen LogP contribution is 2.38. The van der Waals surface area contributed by atoms with Crippen LogP contribution in [-0.4, -0.2) is 78.4 Å². The molecule has 0 aliphatic heterocycles. The molecular weight excluding hydrogens is 482 g/mol. The molecule has 0 saturated carbocycles. The standard InChI is InChI=1S/C28H35N7O3/c1-33(2)13-14-34(3)25-17-26(38-5)23(16-22(25)30-27(37)11-15-36)32-28-29-12-10-21(31-28)20-18-35(4)24-9-7-6-8-19(20)24/h6-10,12,16-18,36H,11,13-15H2,1-5H3,(H,30,37)(H,29,31,32). The first-order valence-electron chi connectivity index (χ1n) is 12.4. The summed E-state index contributed by atoms with van der Waals surface area (Å²) in [4.78, 5) is 25.8. The number of aryl methyl sites for hydroxylation is 1. The number of aliphatic hydroxyl groups excluding tert-OH is 1. The van der Waals surface area contributed by atoms with Gasteiger partial charge in [0.1, 0.15) is 5.75 Å². The van der Waals surface area contributed by atoms with Crippen LogP contribution >= 0.6 is 0 Å². The van der Waals surface area contributed by atoms with Crippen molar-refractivity contribution in [1.82, 2.24) is 19.4 Å². The van der Waals surface area contributed by atoms with Crippen molar-refractivity contribution in [2.45, 2.75) is 6.42 Å². The molecule has 0 saturated heterocycles. The van der Waals surface area contributed by atoms with Crippen molar-refractivity contribution >= 4 is 39.8 Å². The van der Waals surface area contributed by atoms with Gasteiger partial charge in [-0.25, -0.2) is 9.97 Å². The fourth-order valence-corrected chi connectivity index (χ4v) is 4.27. The molecule has 4 aromatic rings. The summed E-state index contributed by atoms with van der Waals surface area (Å²) >= 11 is 0. The molecule has 38 heavy (non-hydrogen) atoms. The van der Waals surface area contributed by atoms with E-state index in [4.69, 9.17) is 9.72 Å². The van der Waals surface area contributed by atoms with E-state index in [1.165, 1.54) is 0 Å². The smallest absolute Gasteiger partial charge is 0.227 e. The third-order valence-corrected chi connectivity index (χ3v) is 6.30. The summed E-state index contributed by atoms with van der Waals surface area (Å²) in [6, 6.07) is 13.8. The number of methoxy groups -OCH3 is 1. The van der Waals surface area contributed by atoms with Gasteiger partial charge in [-0.1, -0.05) is 18.2 Å². The van der Waals surface area contributed by atoms with Crippen LogP contribution in [0.25, 0.3) is 22.2 Å². The number of aliphatic hydroxyl groups is 1. The molecule has 0 spiro atoms. The van der Waals surface area contributed by atoms with Crippen molar-refractivity contribution in [1.29, 1.82) is 0 Å². The first kappa shape index (κ1) is 26.9. The second kappa shape index (κ2) is 11.9. The maximum absolute atomic E-state index is 12.4. The number of ether oxygens (including phenoxy) is 1. The van der Waals surface area contributed by atoms with Crippen LogP contribution in [0, 0.1) is 0 Å². The molecule has 0 atom stereocenters. The van der Waals surface area contributed by atoms with Gasteiger partial charge in [0.05, 0.1) is 42.9 Å². The Balaban J connectivity index is 1.70. The average molecular weight is 518 g/mol. The molecule has 2 aromatic heterocycles. The predicted molar refractivity (Wildman–Crippen MR) is 152 cm³/mol. The first-order valence-corrected chi connectivity index (χ1v) is 12.4. The summed E-state index contributed by atoms with van der Waals surface area (Å²) in [5, 5.41) is 16.5. The lowest BCUT2D eigenvalue weighted by atomic mass is 10.1. The van der Waals surface area contributed by atoms with Crippen LogP contribution < -0.4 is 20.3 Å². The maximum atomic E-state index is 12.4. The zero-order chi connectivity index (χ0) is 27.2. The number of likely N-dealkylation sites (N-methyl/N-ethyl adjacent to an activating group) is 2. The highest BCUT2D eigenvalue weighted by molar-refractivity contribution is 5.97. The molecule has 0 aliphatic carbocycles. The normalized spacial score (nSPS) is 11.1. The van der Waals surface area contributed by atoms with E-state index in [9.17, 15) is 9.90 Å². The van der Waals surface area contributed by atoms with Gasteiger partial charge in [0.15, 0.2) is 0 Å². The number of rotatable bonds is 11. The number of fused-ring (bicyclic) bond motifs is 1. The predicted octanol–water partition coefficient (Wildman–Crippen LogP) is 3.71. The summed E-state index contributed by atoms with van der Waals surface area (Å²) in [5.74, 6) is 0.700. The number of nitrogens with zero attached hydrogens (tertiary/aromatic N) is 5. The van der Waals surface area contributed by atoms with E-state index in [1.807, 2.05) is 58.5 Å². The molecule has 0 aliphatic rings. The second-order valence-electron chi connectivity index (χ2n) is 9.38. The van der Waals surface area contributed by atoms with Crippen LogP contribution in [0.5, 0.6) is 5.75 Å². The molecule has 0 fully saturated rings. The summed E-state index contributed by atoms with van der Waals surface area (Å²) in [7, 11) is 9.60. The third kappa shape index (κ3) is 6.04. The lowest BCUT2D eigenvalue weighted by Gasteiger charge is -2.26. The van der Waals surface area contributed by atoms with Gasteiger partial charge in [-0.15, -0.1) is 0 Å². The number of hydrogen-bond donors (Lipinski definition) is 3. The van der Waals surface area contributed by atoms with Crippen LogP contribution in [0.2, 0.25) is 0 Å².